The van der Waals surface area contributed by atoms with Crippen molar-refractivity contribution in [1.29, 1.82) is 0 Å². The molecule has 0 saturated heterocycles. The number of likely N-dealkylation sites (N-methyl/N-ethyl adjacent to an activating group) is 1. The van der Waals surface area contributed by atoms with Crippen LogP contribution in [0.4, 0.5) is 0 Å². The molecule has 0 bridgehead atoms. The van der Waals surface area contributed by atoms with Crippen molar-refractivity contribution >= 4 is 0 Å². The predicted molar refractivity (Wildman–Crippen MR) is 71.1 cm³/mol. The van der Waals surface area contributed by atoms with Gasteiger partial charge in [0.15, 0.2) is 0 Å². The van der Waals surface area contributed by atoms with Gasteiger partial charge in [-0.1, -0.05) is 13.8 Å². The Morgan fingerprint density at radius 3 is 2.59 bits per heavy atom. The molecule has 0 amide bonds. The Morgan fingerprint density at radius 2 is 2.00 bits per heavy atom. The van der Waals surface area contributed by atoms with Gasteiger partial charge in [-0.2, -0.15) is 0 Å². The molecule has 1 atom stereocenters. The first-order valence-electron chi connectivity index (χ1n) is 6.39. The summed E-state index contributed by atoms with van der Waals surface area (Å²) in [5.74, 6) is 0.559. The fourth-order valence-electron chi connectivity index (χ4n) is 1.75. The van der Waals surface area contributed by atoms with Crippen molar-refractivity contribution in [3.8, 4) is 0 Å². The van der Waals surface area contributed by atoms with Gasteiger partial charge in [0.1, 0.15) is 0 Å². The number of pyridine rings is 1. The van der Waals surface area contributed by atoms with E-state index in [1.807, 2.05) is 19.4 Å². The van der Waals surface area contributed by atoms with E-state index in [-0.39, 0.29) is 0 Å². The zero-order valence-corrected chi connectivity index (χ0v) is 11.1. The van der Waals surface area contributed by atoms with Gasteiger partial charge in [0.05, 0.1) is 6.10 Å². The molecule has 1 unspecified atom stereocenters. The maximum atomic E-state index is 5.89. The molecule has 0 fully saturated rings. The number of hydrogen-bond donors (Lipinski definition) is 1. The van der Waals surface area contributed by atoms with E-state index < -0.39 is 0 Å². The molecule has 1 rings (SSSR count). The second kappa shape index (κ2) is 8.20. The number of rotatable bonds is 8. The van der Waals surface area contributed by atoms with Crippen molar-refractivity contribution in [3.63, 3.8) is 0 Å². The molecule has 0 aliphatic carbocycles. The molecule has 1 aromatic heterocycles. The van der Waals surface area contributed by atoms with Crippen molar-refractivity contribution in [3.05, 3.63) is 30.1 Å². The van der Waals surface area contributed by atoms with E-state index in [0.29, 0.717) is 12.0 Å². The monoisotopic (exact) mass is 236 g/mol. The molecule has 1 aromatic rings. The number of aromatic nitrogens is 1. The van der Waals surface area contributed by atoms with Gasteiger partial charge in [-0.25, -0.2) is 0 Å². The smallest absolute Gasteiger partial charge is 0.0722 e. The largest absolute Gasteiger partial charge is 0.377 e. The summed E-state index contributed by atoms with van der Waals surface area (Å²) in [4.78, 5) is 4.01. The number of ether oxygens (including phenoxy) is 1. The lowest BCUT2D eigenvalue weighted by Crippen LogP contribution is -2.31. The Balaban J connectivity index is 2.18. The van der Waals surface area contributed by atoms with Crippen LogP contribution in [0, 0.1) is 5.92 Å². The van der Waals surface area contributed by atoms with E-state index in [9.17, 15) is 0 Å². The molecule has 1 N–H and O–H groups in total. The summed E-state index contributed by atoms with van der Waals surface area (Å²) in [6.45, 7) is 6.15. The maximum Gasteiger partial charge on any atom is 0.0722 e. The maximum absolute atomic E-state index is 5.89. The molecule has 3 heteroatoms. The fraction of sp³-hybridized carbons (Fsp3) is 0.643. The Hall–Kier alpha value is -0.930. The van der Waals surface area contributed by atoms with Gasteiger partial charge in [0.25, 0.3) is 0 Å². The number of hydrogen-bond acceptors (Lipinski definition) is 3. The van der Waals surface area contributed by atoms with Crippen molar-refractivity contribution in [2.75, 3.05) is 20.2 Å². The van der Waals surface area contributed by atoms with Crippen molar-refractivity contribution in [1.82, 2.24) is 10.3 Å². The summed E-state index contributed by atoms with van der Waals surface area (Å²) >= 11 is 0. The first-order chi connectivity index (χ1) is 8.24. The highest BCUT2D eigenvalue weighted by Gasteiger charge is 2.12. The van der Waals surface area contributed by atoms with E-state index in [1.54, 1.807) is 0 Å². The van der Waals surface area contributed by atoms with Crippen LogP contribution >= 0.6 is 0 Å². The number of nitrogens with one attached hydrogen (secondary N) is 1. The Bertz CT molecular complexity index is 288. The third-order valence-electron chi connectivity index (χ3n) is 2.84. The summed E-state index contributed by atoms with van der Waals surface area (Å²) in [7, 11) is 1.97. The summed E-state index contributed by atoms with van der Waals surface area (Å²) in [6, 6.07) is 4.13. The Labute approximate surface area is 105 Å². The molecule has 0 aromatic carbocycles. The van der Waals surface area contributed by atoms with Crippen LogP contribution < -0.4 is 5.32 Å². The van der Waals surface area contributed by atoms with Gasteiger partial charge in [0.2, 0.25) is 0 Å². The molecule has 3 nitrogen and oxygen atoms in total. The first-order valence-corrected chi connectivity index (χ1v) is 6.39. The highest BCUT2D eigenvalue weighted by atomic mass is 16.5. The molecule has 0 saturated carbocycles. The van der Waals surface area contributed by atoms with Crippen LogP contribution in [0.3, 0.4) is 0 Å². The number of aryl methyl sites for hydroxylation is 1. The first kappa shape index (κ1) is 14.1. The highest BCUT2D eigenvalue weighted by Crippen LogP contribution is 2.07. The molecule has 96 valence electrons. The second-order valence-corrected chi connectivity index (χ2v) is 4.67. The van der Waals surface area contributed by atoms with Gasteiger partial charge in [-0.15, -0.1) is 0 Å². The van der Waals surface area contributed by atoms with E-state index >= 15 is 0 Å². The summed E-state index contributed by atoms with van der Waals surface area (Å²) in [5.41, 5.74) is 1.33. The zero-order chi connectivity index (χ0) is 12.5. The standard InChI is InChI=1S/C14H24N2O/c1-12(2)14(11-15-3)17-10-4-5-13-6-8-16-9-7-13/h6-9,12,14-15H,4-5,10-11H2,1-3H3. The van der Waals surface area contributed by atoms with Gasteiger partial charge >= 0.3 is 0 Å². The average Bonchev–Trinajstić information content (AvgIpc) is 2.34. The van der Waals surface area contributed by atoms with Crippen LogP contribution in [-0.2, 0) is 11.2 Å². The fourth-order valence-corrected chi connectivity index (χ4v) is 1.75. The van der Waals surface area contributed by atoms with Gasteiger partial charge in [-0.05, 0) is 43.5 Å². The third-order valence-corrected chi connectivity index (χ3v) is 2.84. The molecule has 0 aliphatic heterocycles. The number of nitrogens with zero attached hydrogens (tertiary/aromatic N) is 1. The third kappa shape index (κ3) is 5.80. The van der Waals surface area contributed by atoms with E-state index in [0.717, 1.165) is 26.0 Å². The molecule has 0 spiro atoms. The lowest BCUT2D eigenvalue weighted by molar-refractivity contribution is 0.0230. The van der Waals surface area contributed by atoms with E-state index in [4.69, 9.17) is 4.74 Å². The van der Waals surface area contributed by atoms with Crippen molar-refractivity contribution in [2.45, 2.75) is 32.8 Å². The van der Waals surface area contributed by atoms with Gasteiger partial charge < -0.3 is 10.1 Å². The average molecular weight is 236 g/mol. The minimum atomic E-state index is 0.317. The van der Waals surface area contributed by atoms with Crippen molar-refractivity contribution in [2.24, 2.45) is 5.92 Å². The Morgan fingerprint density at radius 1 is 1.29 bits per heavy atom. The van der Waals surface area contributed by atoms with Crippen molar-refractivity contribution < 1.29 is 4.74 Å². The summed E-state index contributed by atoms with van der Waals surface area (Å²) < 4.78 is 5.89. The predicted octanol–water partition coefficient (Wildman–Crippen LogP) is 2.27. The van der Waals surface area contributed by atoms with Gasteiger partial charge in [0, 0.05) is 25.5 Å². The quantitative estimate of drug-likeness (QED) is 0.703. The molecule has 0 aliphatic rings. The molecular formula is C14H24N2O. The van der Waals surface area contributed by atoms with Crippen LogP contribution in [0.25, 0.3) is 0 Å². The molecule has 1 heterocycles. The molecular weight excluding hydrogens is 212 g/mol. The van der Waals surface area contributed by atoms with Crippen LogP contribution in [0.5, 0.6) is 0 Å². The van der Waals surface area contributed by atoms with Gasteiger partial charge in [-0.3, -0.25) is 4.98 Å². The van der Waals surface area contributed by atoms with Crippen LogP contribution in [-0.4, -0.2) is 31.3 Å². The molecule has 0 radical (unpaired) electrons. The second-order valence-electron chi connectivity index (χ2n) is 4.67. The van der Waals surface area contributed by atoms with Crippen LogP contribution in [0.1, 0.15) is 25.8 Å². The minimum absolute atomic E-state index is 0.317. The molecule has 17 heavy (non-hydrogen) atoms. The lowest BCUT2D eigenvalue weighted by atomic mass is 10.1. The Kier molecular flexibility index (Phi) is 6.82. The summed E-state index contributed by atoms with van der Waals surface area (Å²) in [5, 5.41) is 3.17. The highest BCUT2D eigenvalue weighted by molar-refractivity contribution is 5.09. The lowest BCUT2D eigenvalue weighted by Gasteiger charge is -2.21. The van der Waals surface area contributed by atoms with Crippen LogP contribution in [0.15, 0.2) is 24.5 Å². The zero-order valence-electron chi connectivity index (χ0n) is 11.1. The minimum Gasteiger partial charge on any atom is -0.377 e. The SMILES string of the molecule is CNCC(OCCCc1ccncc1)C(C)C. The topological polar surface area (TPSA) is 34.1 Å². The van der Waals surface area contributed by atoms with E-state index in [2.05, 4.69) is 36.3 Å². The summed E-state index contributed by atoms with van der Waals surface area (Å²) in [6.07, 6.45) is 6.13. The van der Waals surface area contributed by atoms with Crippen LogP contribution in [0.2, 0.25) is 0 Å². The normalized spacial score (nSPS) is 12.9. The van der Waals surface area contributed by atoms with E-state index in [1.165, 1.54) is 5.56 Å².